The van der Waals surface area contributed by atoms with Crippen molar-refractivity contribution in [3.63, 3.8) is 0 Å². The molecule has 94 valence electrons. The van der Waals surface area contributed by atoms with Gasteiger partial charge in [-0.2, -0.15) is 11.3 Å². The number of aromatic hydroxyl groups is 3. The normalized spacial score (nSPS) is 12.2. The topological polar surface area (TPSA) is 98.0 Å². The molecule has 2 aromatic rings. The number of carboxylic acid groups (broad SMARTS) is 1. The van der Waals surface area contributed by atoms with Crippen LogP contribution in [0.3, 0.4) is 0 Å². The number of hydrogen-bond donors (Lipinski definition) is 4. The first-order valence-corrected chi connectivity index (χ1v) is 5.94. The Hall–Kier alpha value is -2.21. The molecule has 18 heavy (non-hydrogen) atoms. The van der Waals surface area contributed by atoms with E-state index >= 15 is 0 Å². The second-order valence-electron chi connectivity index (χ2n) is 3.73. The summed E-state index contributed by atoms with van der Waals surface area (Å²) in [7, 11) is 0. The number of benzene rings is 1. The molecule has 0 aliphatic heterocycles. The van der Waals surface area contributed by atoms with Crippen LogP contribution in [0.4, 0.5) is 0 Å². The van der Waals surface area contributed by atoms with Crippen molar-refractivity contribution in [3.05, 3.63) is 40.1 Å². The van der Waals surface area contributed by atoms with Crippen LogP contribution in [0.15, 0.2) is 29.0 Å². The summed E-state index contributed by atoms with van der Waals surface area (Å²) in [5.74, 6) is -3.60. The molecule has 4 N–H and O–H groups in total. The van der Waals surface area contributed by atoms with Crippen molar-refractivity contribution in [1.29, 1.82) is 0 Å². The standard InChI is InChI=1S/C12H10O5S/c13-7-3-8(14)11(9(15)4-7)10(12(16)17)6-1-2-18-5-6/h1-5,10,13-15H,(H,16,17). The van der Waals surface area contributed by atoms with Crippen molar-refractivity contribution >= 4 is 17.3 Å². The fraction of sp³-hybridized carbons (Fsp3) is 0.0833. The summed E-state index contributed by atoms with van der Waals surface area (Å²) in [6, 6.07) is 3.60. The number of phenols is 3. The van der Waals surface area contributed by atoms with Gasteiger partial charge in [-0.1, -0.05) is 0 Å². The summed E-state index contributed by atoms with van der Waals surface area (Å²) in [5, 5.41) is 41.2. The lowest BCUT2D eigenvalue weighted by Gasteiger charge is -2.15. The fourth-order valence-electron chi connectivity index (χ4n) is 1.78. The third-order valence-electron chi connectivity index (χ3n) is 2.53. The number of rotatable bonds is 3. The maximum atomic E-state index is 11.3. The molecule has 6 heteroatoms. The highest BCUT2D eigenvalue weighted by Crippen LogP contribution is 2.40. The van der Waals surface area contributed by atoms with E-state index in [2.05, 4.69) is 0 Å². The van der Waals surface area contributed by atoms with Crippen molar-refractivity contribution in [1.82, 2.24) is 0 Å². The van der Waals surface area contributed by atoms with Crippen LogP contribution in [0.5, 0.6) is 17.2 Å². The van der Waals surface area contributed by atoms with Gasteiger partial charge in [-0.3, -0.25) is 4.79 Å². The molecule has 1 atom stereocenters. The Bertz CT molecular complexity index is 553. The van der Waals surface area contributed by atoms with Gasteiger partial charge >= 0.3 is 5.97 Å². The zero-order chi connectivity index (χ0) is 13.3. The second kappa shape index (κ2) is 4.58. The van der Waals surface area contributed by atoms with Gasteiger partial charge in [-0.15, -0.1) is 0 Å². The summed E-state index contributed by atoms with van der Waals surface area (Å²) in [5.41, 5.74) is 0.336. The Labute approximate surface area is 106 Å². The van der Waals surface area contributed by atoms with Crippen molar-refractivity contribution in [2.75, 3.05) is 0 Å². The van der Waals surface area contributed by atoms with E-state index in [9.17, 15) is 25.2 Å². The Morgan fingerprint density at radius 2 is 1.78 bits per heavy atom. The van der Waals surface area contributed by atoms with Gasteiger partial charge in [0.25, 0.3) is 0 Å². The van der Waals surface area contributed by atoms with Crippen LogP contribution < -0.4 is 0 Å². The van der Waals surface area contributed by atoms with Gasteiger partial charge in [-0.05, 0) is 22.4 Å². The van der Waals surface area contributed by atoms with Crippen LogP contribution in [0.25, 0.3) is 0 Å². The molecule has 0 aliphatic carbocycles. The summed E-state index contributed by atoms with van der Waals surface area (Å²) < 4.78 is 0. The average molecular weight is 266 g/mol. The van der Waals surface area contributed by atoms with Crippen LogP contribution in [-0.4, -0.2) is 26.4 Å². The quantitative estimate of drug-likeness (QED) is 0.682. The van der Waals surface area contributed by atoms with E-state index in [-0.39, 0.29) is 11.3 Å². The number of carboxylic acids is 1. The van der Waals surface area contributed by atoms with Gasteiger partial charge in [0.15, 0.2) is 0 Å². The van der Waals surface area contributed by atoms with Gasteiger partial charge in [-0.25, -0.2) is 0 Å². The Morgan fingerprint density at radius 3 is 2.22 bits per heavy atom. The lowest BCUT2D eigenvalue weighted by molar-refractivity contribution is -0.137. The molecule has 0 radical (unpaired) electrons. The van der Waals surface area contributed by atoms with Gasteiger partial charge in [0.2, 0.25) is 0 Å². The minimum atomic E-state index is -1.19. The van der Waals surface area contributed by atoms with E-state index in [1.807, 2.05) is 0 Å². The van der Waals surface area contributed by atoms with Crippen molar-refractivity contribution in [2.24, 2.45) is 0 Å². The zero-order valence-corrected chi connectivity index (χ0v) is 9.89. The minimum absolute atomic E-state index is 0.126. The van der Waals surface area contributed by atoms with E-state index in [1.165, 1.54) is 11.3 Å². The van der Waals surface area contributed by atoms with Crippen LogP contribution in [0.1, 0.15) is 17.0 Å². The zero-order valence-electron chi connectivity index (χ0n) is 9.07. The Kier molecular flexibility index (Phi) is 3.12. The lowest BCUT2D eigenvalue weighted by atomic mass is 9.91. The maximum Gasteiger partial charge on any atom is 0.315 e. The van der Waals surface area contributed by atoms with Gasteiger partial charge in [0, 0.05) is 12.1 Å². The number of hydrogen-bond acceptors (Lipinski definition) is 5. The molecule has 0 fully saturated rings. The molecule has 2 rings (SSSR count). The summed E-state index contributed by atoms with van der Waals surface area (Å²) in [6.45, 7) is 0. The first kappa shape index (κ1) is 12.3. The predicted molar refractivity (Wildman–Crippen MR) is 65.2 cm³/mol. The molecule has 1 aromatic heterocycles. The largest absolute Gasteiger partial charge is 0.508 e. The minimum Gasteiger partial charge on any atom is -0.508 e. The van der Waals surface area contributed by atoms with Crippen LogP contribution in [0.2, 0.25) is 0 Å². The summed E-state index contributed by atoms with van der Waals surface area (Å²) in [6.07, 6.45) is 0. The van der Waals surface area contributed by atoms with E-state index in [4.69, 9.17) is 0 Å². The van der Waals surface area contributed by atoms with Crippen LogP contribution in [0, 0.1) is 0 Å². The van der Waals surface area contributed by atoms with Gasteiger partial charge in [0.05, 0.1) is 5.56 Å². The highest BCUT2D eigenvalue weighted by Gasteiger charge is 2.28. The SMILES string of the molecule is O=C(O)C(c1ccsc1)c1c(O)cc(O)cc1O. The smallest absolute Gasteiger partial charge is 0.315 e. The van der Waals surface area contributed by atoms with E-state index in [1.54, 1.807) is 16.8 Å². The lowest BCUT2D eigenvalue weighted by Crippen LogP contribution is -2.12. The molecule has 1 unspecified atom stereocenters. The van der Waals surface area contributed by atoms with E-state index < -0.39 is 23.4 Å². The molecule has 0 bridgehead atoms. The molecule has 0 spiro atoms. The molecule has 1 heterocycles. The fourth-order valence-corrected chi connectivity index (χ4v) is 2.46. The molecule has 1 aromatic carbocycles. The van der Waals surface area contributed by atoms with E-state index in [0.29, 0.717) is 5.56 Å². The Balaban J connectivity index is 2.61. The number of aliphatic carboxylic acids is 1. The van der Waals surface area contributed by atoms with Crippen LogP contribution in [-0.2, 0) is 4.79 Å². The highest BCUT2D eigenvalue weighted by atomic mass is 32.1. The van der Waals surface area contributed by atoms with E-state index in [0.717, 1.165) is 12.1 Å². The third kappa shape index (κ3) is 2.10. The maximum absolute atomic E-state index is 11.3. The molecule has 0 aliphatic rings. The number of phenolic OH excluding ortho intramolecular Hbond substituents is 3. The second-order valence-corrected chi connectivity index (χ2v) is 4.51. The molecule has 0 saturated carbocycles. The molecular formula is C12H10O5S. The summed E-state index contributed by atoms with van der Waals surface area (Å²) >= 11 is 1.32. The monoisotopic (exact) mass is 266 g/mol. The third-order valence-corrected chi connectivity index (χ3v) is 3.23. The number of carbonyl (C=O) groups is 1. The van der Waals surface area contributed by atoms with Gasteiger partial charge in [0.1, 0.15) is 23.2 Å². The first-order chi connectivity index (χ1) is 8.50. The molecule has 5 nitrogen and oxygen atoms in total. The van der Waals surface area contributed by atoms with Crippen LogP contribution >= 0.6 is 11.3 Å². The van der Waals surface area contributed by atoms with Crippen molar-refractivity contribution in [3.8, 4) is 17.2 Å². The van der Waals surface area contributed by atoms with Gasteiger partial charge < -0.3 is 20.4 Å². The summed E-state index contributed by atoms with van der Waals surface area (Å²) in [4.78, 5) is 11.3. The number of thiophene rings is 1. The highest BCUT2D eigenvalue weighted by molar-refractivity contribution is 7.08. The first-order valence-electron chi connectivity index (χ1n) is 5.00. The molecule has 0 saturated heterocycles. The molecular weight excluding hydrogens is 256 g/mol. The van der Waals surface area contributed by atoms with Crippen molar-refractivity contribution in [2.45, 2.75) is 5.92 Å². The van der Waals surface area contributed by atoms with Crippen molar-refractivity contribution < 1.29 is 25.2 Å². The average Bonchev–Trinajstić information content (AvgIpc) is 2.75. The molecule has 0 amide bonds. The Morgan fingerprint density at radius 1 is 1.17 bits per heavy atom. The predicted octanol–water partition coefficient (Wildman–Crippen LogP) is 2.08.